The van der Waals surface area contributed by atoms with Gasteiger partial charge in [0.25, 0.3) is 0 Å². The number of carbonyl (C=O) groups is 1. The molecule has 0 aliphatic rings. The highest BCUT2D eigenvalue weighted by atomic mass is 16.4. The van der Waals surface area contributed by atoms with Crippen LogP contribution in [0.5, 0.6) is 0 Å². The van der Waals surface area contributed by atoms with Crippen molar-refractivity contribution in [2.75, 3.05) is 5.32 Å². The van der Waals surface area contributed by atoms with Gasteiger partial charge in [-0.15, -0.1) is 0 Å². The topological polar surface area (TPSA) is 52.2 Å². The fourth-order valence-corrected chi connectivity index (χ4v) is 1.47. The summed E-state index contributed by atoms with van der Waals surface area (Å²) in [6.45, 7) is 0. The molecule has 0 bridgehead atoms. The summed E-state index contributed by atoms with van der Waals surface area (Å²) in [5, 5.41) is 12.7. The summed E-state index contributed by atoms with van der Waals surface area (Å²) < 4.78 is 0. The molecule has 1 amide bonds. The van der Waals surface area contributed by atoms with Gasteiger partial charge in [0, 0.05) is 11.1 Å². The number of amides is 1. The Bertz CT molecular complexity index is 609. The Hall–Kier alpha value is -2.73. The van der Waals surface area contributed by atoms with Crippen molar-refractivity contribution in [3.63, 3.8) is 0 Å². The van der Waals surface area contributed by atoms with Gasteiger partial charge >= 0.3 is 0 Å². The lowest BCUT2D eigenvalue weighted by Gasteiger charge is -2.07. The number of nitrogens with one attached hydrogen (secondary N) is 1. The van der Waals surface area contributed by atoms with E-state index in [2.05, 4.69) is 17.2 Å². The van der Waals surface area contributed by atoms with Crippen LogP contribution in [0.25, 0.3) is 0 Å². The molecule has 0 fully saturated rings. The quantitative estimate of drug-likeness (QED) is 0.768. The average Bonchev–Trinajstić information content (AvgIpc) is 2.38. The van der Waals surface area contributed by atoms with E-state index in [0.29, 0.717) is 11.3 Å². The Morgan fingerprint density at radius 1 is 0.944 bits per heavy atom. The van der Waals surface area contributed by atoms with Gasteiger partial charge in [-0.3, -0.25) is 0 Å². The van der Waals surface area contributed by atoms with Crippen molar-refractivity contribution in [2.45, 2.75) is 0 Å². The number of rotatable bonds is 1. The normalized spacial score (nSPS) is 9.11. The molecular formula is C15H10NO2-. The molecule has 18 heavy (non-hydrogen) atoms. The van der Waals surface area contributed by atoms with Gasteiger partial charge < -0.3 is 15.2 Å². The lowest BCUT2D eigenvalue weighted by molar-refractivity contribution is -0.242. The molecule has 1 N–H and O–H groups in total. The van der Waals surface area contributed by atoms with Crippen molar-refractivity contribution < 1.29 is 9.90 Å². The molecule has 3 heteroatoms. The minimum Gasteiger partial charge on any atom is -0.530 e. The van der Waals surface area contributed by atoms with Crippen molar-refractivity contribution >= 4 is 11.8 Å². The highest BCUT2D eigenvalue weighted by Crippen LogP contribution is 2.13. The second kappa shape index (κ2) is 5.55. The Kier molecular flexibility index (Phi) is 3.62. The van der Waals surface area contributed by atoms with Crippen LogP contribution in [0.1, 0.15) is 11.1 Å². The van der Waals surface area contributed by atoms with Gasteiger partial charge in [0.2, 0.25) is 0 Å². The van der Waals surface area contributed by atoms with E-state index in [1.807, 2.05) is 30.3 Å². The van der Waals surface area contributed by atoms with E-state index >= 15 is 0 Å². The van der Waals surface area contributed by atoms with Crippen molar-refractivity contribution in [3.05, 3.63) is 65.7 Å². The van der Waals surface area contributed by atoms with Crippen LogP contribution >= 0.6 is 0 Å². The zero-order chi connectivity index (χ0) is 12.8. The Labute approximate surface area is 105 Å². The highest BCUT2D eigenvalue weighted by molar-refractivity contribution is 5.83. The maximum atomic E-state index is 10.5. The van der Waals surface area contributed by atoms with Crippen LogP contribution in [0.3, 0.4) is 0 Å². The number of benzene rings is 2. The van der Waals surface area contributed by atoms with Crippen LogP contribution in [0.2, 0.25) is 0 Å². The number of anilines is 1. The number of hydrogen-bond donors (Lipinski definition) is 1. The lowest BCUT2D eigenvalue weighted by Crippen LogP contribution is -2.29. The van der Waals surface area contributed by atoms with Crippen LogP contribution in [0.4, 0.5) is 10.5 Å². The number of carboxylic acid groups (broad SMARTS) is 1. The molecule has 0 aliphatic heterocycles. The van der Waals surface area contributed by atoms with E-state index in [9.17, 15) is 9.90 Å². The molecule has 0 aromatic heterocycles. The first-order valence-corrected chi connectivity index (χ1v) is 5.40. The fourth-order valence-electron chi connectivity index (χ4n) is 1.47. The predicted molar refractivity (Wildman–Crippen MR) is 67.9 cm³/mol. The van der Waals surface area contributed by atoms with Gasteiger partial charge in [-0.1, -0.05) is 42.2 Å². The van der Waals surface area contributed by atoms with E-state index in [4.69, 9.17) is 0 Å². The van der Waals surface area contributed by atoms with Crippen molar-refractivity contribution in [2.24, 2.45) is 0 Å². The molecule has 2 aromatic rings. The number of hydrogen-bond acceptors (Lipinski definition) is 2. The SMILES string of the molecule is O=C([O-])Nc1ccccc1C#Cc1ccccc1. The van der Waals surface area contributed by atoms with Gasteiger partial charge in [-0.05, 0) is 24.3 Å². The van der Waals surface area contributed by atoms with Crippen molar-refractivity contribution in [1.29, 1.82) is 0 Å². The molecular weight excluding hydrogens is 226 g/mol. The first-order chi connectivity index (χ1) is 8.75. The summed E-state index contributed by atoms with van der Waals surface area (Å²) in [5.41, 5.74) is 1.92. The standard InChI is InChI=1S/C15H11NO2/c17-15(18)16-14-9-5-4-8-13(14)11-10-12-6-2-1-3-7-12/h1-9,16H,(H,17,18)/p-1. The summed E-state index contributed by atoms with van der Waals surface area (Å²) in [6.07, 6.45) is -1.34. The maximum absolute atomic E-state index is 10.5. The monoisotopic (exact) mass is 236 g/mol. The molecule has 2 aromatic carbocycles. The Morgan fingerprint density at radius 2 is 1.61 bits per heavy atom. The van der Waals surface area contributed by atoms with E-state index in [1.165, 1.54) is 0 Å². The van der Waals surface area contributed by atoms with E-state index in [-0.39, 0.29) is 0 Å². The molecule has 3 nitrogen and oxygen atoms in total. The zero-order valence-corrected chi connectivity index (χ0v) is 9.51. The largest absolute Gasteiger partial charge is 0.530 e. The molecule has 2 rings (SSSR count). The van der Waals surface area contributed by atoms with Crippen molar-refractivity contribution in [3.8, 4) is 11.8 Å². The van der Waals surface area contributed by atoms with E-state index in [0.717, 1.165) is 5.56 Å². The van der Waals surface area contributed by atoms with Crippen LogP contribution in [-0.2, 0) is 0 Å². The minimum absolute atomic E-state index is 0.431. The predicted octanol–water partition coefficient (Wildman–Crippen LogP) is 1.84. The number of para-hydroxylation sites is 1. The first-order valence-electron chi connectivity index (χ1n) is 5.40. The van der Waals surface area contributed by atoms with Crippen LogP contribution in [0, 0.1) is 11.8 Å². The second-order valence-corrected chi connectivity index (χ2v) is 3.57. The number of carbonyl (C=O) groups excluding carboxylic acids is 1. The summed E-state index contributed by atoms with van der Waals surface area (Å²) in [6, 6.07) is 16.4. The second-order valence-electron chi connectivity index (χ2n) is 3.57. The maximum Gasteiger partial charge on any atom is 0.138 e. The molecule has 0 unspecified atom stereocenters. The van der Waals surface area contributed by atoms with Gasteiger partial charge in [0.15, 0.2) is 0 Å². The molecule has 0 saturated heterocycles. The first kappa shape index (κ1) is 11.7. The average molecular weight is 236 g/mol. The molecule has 0 spiro atoms. The molecule has 0 aliphatic carbocycles. The third kappa shape index (κ3) is 3.13. The van der Waals surface area contributed by atoms with Crippen molar-refractivity contribution in [1.82, 2.24) is 0 Å². The molecule has 0 heterocycles. The van der Waals surface area contributed by atoms with E-state index < -0.39 is 6.09 Å². The zero-order valence-electron chi connectivity index (χ0n) is 9.51. The summed E-state index contributed by atoms with van der Waals surface area (Å²) in [7, 11) is 0. The molecule has 0 atom stereocenters. The summed E-state index contributed by atoms with van der Waals surface area (Å²) in [4.78, 5) is 10.5. The van der Waals surface area contributed by atoms with Gasteiger partial charge in [0.1, 0.15) is 6.09 Å². The molecule has 0 saturated carbocycles. The van der Waals surface area contributed by atoms with Crippen LogP contribution in [0.15, 0.2) is 54.6 Å². The third-order valence-electron chi connectivity index (χ3n) is 2.28. The van der Waals surface area contributed by atoms with E-state index in [1.54, 1.807) is 24.3 Å². The van der Waals surface area contributed by atoms with Gasteiger partial charge in [-0.2, -0.15) is 0 Å². The highest BCUT2D eigenvalue weighted by Gasteiger charge is 1.97. The lowest BCUT2D eigenvalue weighted by atomic mass is 10.1. The minimum atomic E-state index is -1.34. The Morgan fingerprint density at radius 3 is 2.33 bits per heavy atom. The fraction of sp³-hybridized carbons (Fsp3) is 0. The van der Waals surface area contributed by atoms with Gasteiger partial charge in [-0.25, -0.2) is 0 Å². The Balaban J connectivity index is 2.30. The van der Waals surface area contributed by atoms with Crippen LogP contribution < -0.4 is 10.4 Å². The van der Waals surface area contributed by atoms with Gasteiger partial charge in [0.05, 0.1) is 5.69 Å². The smallest absolute Gasteiger partial charge is 0.138 e. The van der Waals surface area contributed by atoms with Crippen LogP contribution in [-0.4, -0.2) is 6.09 Å². The molecule has 88 valence electrons. The molecule has 0 radical (unpaired) electrons. The summed E-state index contributed by atoms with van der Waals surface area (Å²) >= 11 is 0. The third-order valence-corrected chi connectivity index (χ3v) is 2.28. The summed E-state index contributed by atoms with van der Waals surface area (Å²) in [5.74, 6) is 5.90.